The van der Waals surface area contributed by atoms with E-state index in [1.807, 2.05) is 0 Å². The second kappa shape index (κ2) is 9.48. The molecule has 1 N–H and O–H groups in total. The molecule has 3 aromatic rings. The second-order valence-corrected chi connectivity index (χ2v) is 11.3. The predicted molar refractivity (Wildman–Crippen MR) is 124 cm³/mol. The number of amides is 1. The highest BCUT2D eigenvalue weighted by Crippen LogP contribution is 2.43. The number of hydrogen-bond acceptors (Lipinski definition) is 9. The first-order valence-electron chi connectivity index (χ1n) is 10.3. The molecular weight excluding hydrogens is 467 g/mol. The van der Waals surface area contributed by atoms with Gasteiger partial charge in [-0.2, -0.15) is 0 Å². The molecule has 0 atom stereocenters. The maximum atomic E-state index is 14.3. The lowest BCUT2D eigenvalue weighted by atomic mass is 9.66. The number of thiazole rings is 1. The number of halogens is 1. The van der Waals surface area contributed by atoms with Gasteiger partial charge in [0.2, 0.25) is 6.41 Å². The quantitative estimate of drug-likeness (QED) is 0.431. The second-order valence-electron chi connectivity index (χ2n) is 8.06. The molecule has 3 aromatic heterocycles. The highest BCUT2D eigenvalue weighted by molar-refractivity contribution is 7.90. The highest BCUT2D eigenvalue weighted by atomic mass is 32.2. The van der Waals surface area contributed by atoms with Gasteiger partial charge in [0, 0.05) is 31.0 Å². The molecule has 33 heavy (non-hydrogen) atoms. The third kappa shape index (κ3) is 5.33. The monoisotopic (exact) mass is 490 g/mol. The summed E-state index contributed by atoms with van der Waals surface area (Å²) in [5, 5.41) is 12.7. The molecule has 9 nitrogen and oxygen atoms in total. The van der Waals surface area contributed by atoms with Crippen molar-refractivity contribution in [3.05, 3.63) is 48.2 Å². The van der Waals surface area contributed by atoms with Crippen molar-refractivity contribution in [3.63, 3.8) is 0 Å². The van der Waals surface area contributed by atoms with Crippen molar-refractivity contribution < 1.29 is 17.6 Å². The molecule has 0 bridgehead atoms. The lowest BCUT2D eigenvalue weighted by Crippen LogP contribution is -2.42. The van der Waals surface area contributed by atoms with Gasteiger partial charge in [-0.25, -0.2) is 17.8 Å². The molecule has 0 aliphatic heterocycles. The summed E-state index contributed by atoms with van der Waals surface area (Å²) in [6, 6.07) is 6.55. The number of pyridine rings is 1. The number of sulfone groups is 1. The Hall–Kier alpha value is -2.99. The number of hydrogen-bond donors (Lipinski definition) is 1. The van der Waals surface area contributed by atoms with Crippen LogP contribution in [0, 0.1) is 5.82 Å². The Labute approximate surface area is 195 Å². The summed E-state index contributed by atoms with van der Waals surface area (Å²) in [4.78, 5) is 21.2. The van der Waals surface area contributed by atoms with Gasteiger partial charge in [-0.15, -0.1) is 10.2 Å². The van der Waals surface area contributed by atoms with Gasteiger partial charge in [0.05, 0.1) is 17.6 Å². The lowest BCUT2D eigenvalue weighted by Gasteiger charge is -2.41. The van der Waals surface area contributed by atoms with Crippen molar-refractivity contribution in [2.45, 2.75) is 24.7 Å². The fraction of sp³-hybridized carbons (Fsp3) is 0.381. The maximum absolute atomic E-state index is 14.3. The van der Waals surface area contributed by atoms with Crippen molar-refractivity contribution in [2.75, 3.05) is 35.3 Å². The smallest absolute Gasteiger partial charge is 0.214 e. The van der Waals surface area contributed by atoms with E-state index >= 15 is 0 Å². The van der Waals surface area contributed by atoms with Gasteiger partial charge in [-0.1, -0.05) is 17.8 Å². The summed E-state index contributed by atoms with van der Waals surface area (Å²) < 4.78 is 37.0. The van der Waals surface area contributed by atoms with Crippen LogP contribution in [0.2, 0.25) is 0 Å². The predicted octanol–water partition coefficient (Wildman–Crippen LogP) is 2.68. The van der Waals surface area contributed by atoms with Gasteiger partial charge in [-0.3, -0.25) is 9.78 Å². The third-order valence-corrected chi connectivity index (χ3v) is 7.65. The molecule has 1 fully saturated rings. The average molecular weight is 491 g/mol. The zero-order chi connectivity index (χ0) is 23.5. The molecule has 1 aliphatic carbocycles. The molecule has 0 unspecified atom stereocenters. The fourth-order valence-electron chi connectivity index (χ4n) is 3.67. The van der Waals surface area contributed by atoms with Gasteiger partial charge in [0.15, 0.2) is 0 Å². The van der Waals surface area contributed by atoms with Crippen LogP contribution in [0.15, 0.2) is 36.7 Å². The molecule has 12 heteroatoms. The molecule has 1 amide bonds. The first-order valence-corrected chi connectivity index (χ1v) is 13.2. The molecule has 1 aliphatic rings. The van der Waals surface area contributed by atoms with Crippen molar-refractivity contribution in [1.82, 2.24) is 20.2 Å². The number of nitrogens with one attached hydrogen (secondary N) is 1. The number of carbonyl (C=O) groups excluding carboxylic acids is 1. The maximum Gasteiger partial charge on any atom is 0.214 e. The van der Waals surface area contributed by atoms with Crippen molar-refractivity contribution in [1.29, 1.82) is 0 Å². The van der Waals surface area contributed by atoms with Gasteiger partial charge in [0.25, 0.3) is 0 Å². The summed E-state index contributed by atoms with van der Waals surface area (Å²) in [5.41, 5.74) is 0.666. The van der Waals surface area contributed by atoms with Crippen LogP contribution in [0.5, 0.6) is 0 Å². The molecule has 0 saturated heterocycles. The number of anilines is 2. The fourth-order valence-corrected chi connectivity index (χ4v) is 5.08. The van der Waals surface area contributed by atoms with Crippen LogP contribution in [-0.2, 0) is 20.0 Å². The van der Waals surface area contributed by atoms with Crippen LogP contribution >= 0.6 is 11.3 Å². The minimum atomic E-state index is -3.19. The number of aromatic nitrogens is 4. The Bertz CT molecular complexity index is 1230. The van der Waals surface area contributed by atoms with E-state index in [1.54, 1.807) is 24.4 Å². The SMILES string of the molecule is CS(=O)(=O)CCN(C=O)c1cnc(-c2ccc(NCC3(c4ncccc4F)CCC3)nn2)s1. The van der Waals surface area contributed by atoms with Crippen LogP contribution in [-0.4, -0.2) is 60.1 Å². The summed E-state index contributed by atoms with van der Waals surface area (Å²) in [7, 11) is -3.19. The van der Waals surface area contributed by atoms with Crippen LogP contribution in [0.4, 0.5) is 15.2 Å². The summed E-state index contributed by atoms with van der Waals surface area (Å²) in [5.74, 6) is 0.130. The highest BCUT2D eigenvalue weighted by Gasteiger charge is 2.41. The third-order valence-electron chi connectivity index (χ3n) is 5.67. The summed E-state index contributed by atoms with van der Waals surface area (Å²) >= 11 is 1.22. The molecule has 1 saturated carbocycles. The van der Waals surface area contributed by atoms with E-state index in [1.165, 1.54) is 28.5 Å². The van der Waals surface area contributed by atoms with Crippen molar-refractivity contribution in [3.8, 4) is 10.7 Å². The topological polar surface area (TPSA) is 118 Å². The van der Waals surface area contributed by atoms with Crippen LogP contribution < -0.4 is 10.2 Å². The molecule has 0 radical (unpaired) electrons. The largest absolute Gasteiger partial charge is 0.368 e. The zero-order valence-corrected chi connectivity index (χ0v) is 19.6. The van der Waals surface area contributed by atoms with Gasteiger partial charge < -0.3 is 10.2 Å². The molecule has 0 spiro atoms. The zero-order valence-electron chi connectivity index (χ0n) is 17.9. The normalized spacial score (nSPS) is 15.0. The van der Waals surface area contributed by atoms with E-state index in [4.69, 9.17) is 0 Å². The molecule has 0 aromatic carbocycles. The molecule has 3 heterocycles. The van der Waals surface area contributed by atoms with E-state index < -0.39 is 9.84 Å². The van der Waals surface area contributed by atoms with Crippen molar-refractivity contribution in [2.24, 2.45) is 0 Å². The van der Waals surface area contributed by atoms with E-state index in [2.05, 4.69) is 25.5 Å². The lowest BCUT2D eigenvalue weighted by molar-refractivity contribution is -0.107. The molecule has 4 rings (SSSR count). The van der Waals surface area contributed by atoms with E-state index in [0.29, 0.717) is 40.2 Å². The van der Waals surface area contributed by atoms with Crippen LogP contribution in [0.1, 0.15) is 25.0 Å². The first kappa shape index (κ1) is 23.2. The number of nitrogens with zero attached hydrogens (tertiary/aromatic N) is 5. The Morgan fingerprint density at radius 2 is 2.06 bits per heavy atom. The van der Waals surface area contributed by atoms with E-state index in [9.17, 15) is 17.6 Å². The Morgan fingerprint density at radius 1 is 1.24 bits per heavy atom. The van der Waals surface area contributed by atoms with E-state index in [-0.39, 0.29) is 23.5 Å². The Kier molecular flexibility index (Phi) is 6.66. The summed E-state index contributed by atoms with van der Waals surface area (Å²) in [6.07, 6.45) is 7.56. The average Bonchev–Trinajstić information content (AvgIpc) is 3.24. The van der Waals surface area contributed by atoms with Crippen LogP contribution in [0.25, 0.3) is 10.7 Å². The molecule has 174 valence electrons. The molecular formula is C21H23FN6O3S2. The summed E-state index contributed by atoms with van der Waals surface area (Å²) in [6.45, 7) is 0.558. The standard InChI is InChI=1S/C21H23FN6O3S2/c1-33(30,31)11-10-28(14-29)18-12-24-20(32-18)16-5-6-17(27-26-16)25-13-21(7-3-8-21)19-15(22)4-2-9-23-19/h2,4-6,9,12,14H,3,7-8,10-11,13H2,1H3,(H,25,27). The number of carbonyl (C=O) groups is 1. The van der Waals surface area contributed by atoms with Gasteiger partial charge in [0.1, 0.15) is 37.2 Å². The van der Waals surface area contributed by atoms with Gasteiger partial charge in [-0.05, 0) is 37.1 Å². The minimum Gasteiger partial charge on any atom is -0.368 e. The first-order chi connectivity index (χ1) is 15.8. The number of rotatable bonds is 10. The van der Waals surface area contributed by atoms with Crippen molar-refractivity contribution >= 4 is 38.4 Å². The van der Waals surface area contributed by atoms with Gasteiger partial charge >= 0.3 is 0 Å². The Balaban J connectivity index is 1.42. The Morgan fingerprint density at radius 3 is 2.67 bits per heavy atom. The van der Waals surface area contributed by atoms with E-state index in [0.717, 1.165) is 25.5 Å². The van der Waals surface area contributed by atoms with Crippen LogP contribution in [0.3, 0.4) is 0 Å². The minimum absolute atomic E-state index is 0.0527.